The number of imidazole rings is 1. The van der Waals surface area contributed by atoms with Gasteiger partial charge >= 0.3 is 0 Å². The number of carbonyl (C=O) groups is 1. The molecule has 2 heterocycles. The van der Waals surface area contributed by atoms with Crippen molar-refractivity contribution < 1.29 is 9.18 Å². The summed E-state index contributed by atoms with van der Waals surface area (Å²) in [4.78, 5) is 24.6. The number of benzene rings is 2. The number of nitrogens with one attached hydrogen (secondary N) is 2. The Morgan fingerprint density at radius 3 is 2.52 bits per heavy atom. The average Bonchev–Trinajstić information content (AvgIpc) is 3.20. The van der Waals surface area contributed by atoms with Crippen LogP contribution in [0.5, 0.6) is 0 Å². The number of anilines is 1. The van der Waals surface area contributed by atoms with Gasteiger partial charge in [0.05, 0.1) is 11.4 Å². The molecule has 2 aromatic carbocycles. The van der Waals surface area contributed by atoms with E-state index in [9.17, 15) is 9.18 Å². The molecule has 0 aliphatic heterocycles. The molecule has 2 aromatic heterocycles. The van der Waals surface area contributed by atoms with Crippen LogP contribution in [0.15, 0.2) is 78.1 Å². The van der Waals surface area contributed by atoms with Crippen molar-refractivity contribution >= 4 is 23.5 Å². The zero-order valence-corrected chi connectivity index (χ0v) is 16.3. The number of rotatable bonds is 5. The summed E-state index contributed by atoms with van der Waals surface area (Å²) in [6, 6.07) is 18.8. The molecule has 0 aliphatic rings. The maximum atomic E-state index is 13.3. The third kappa shape index (κ3) is 4.20. The van der Waals surface area contributed by atoms with Crippen molar-refractivity contribution in [1.82, 2.24) is 15.0 Å². The molecular formula is C22H17FN4OS. The molecule has 1 amide bonds. The molecule has 4 rings (SSSR count). The first-order valence-corrected chi connectivity index (χ1v) is 10.1. The van der Waals surface area contributed by atoms with Crippen LogP contribution in [0.3, 0.4) is 0 Å². The van der Waals surface area contributed by atoms with E-state index in [-0.39, 0.29) is 11.7 Å². The van der Waals surface area contributed by atoms with Gasteiger partial charge in [0.1, 0.15) is 11.6 Å². The summed E-state index contributed by atoms with van der Waals surface area (Å²) < 4.78 is 13.3. The lowest BCUT2D eigenvalue weighted by molar-refractivity contribution is 0.102. The van der Waals surface area contributed by atoms with Gasteiger partial charge in [0.25, 0.3) is 5.91 Å². The van der Waals surface area contributed by atoms with E-state index in [1.165, 1.54) is 23.9 Å². The number of H-pyrrole nitrogens is 1. The second kappa shape index (κ2) is 8.28. The monoisotopic (exact) mass is 404 g/mol. The minimum absolute atomic E-state index is 0.235. The molecule has 5 nitrogen and oxygen atoms in total. The zero-order valence-electron chi connectivity index (χ0n) is 15.5. The molecule has 29 heavy (non-hydrogen) atoms. The predicted molar refractivity (Wildman–Crippen MR) is 113 cm³/mol. The van der Waals surface area contributed by atoms with Gasteiger partial charge in [-0.05, 0) is 54.8 Å². The van der Waals surface area contributed by atoms with Crippen molar-refractivity contribution in [1.29, 1.82) is 0 Å². The Morgan fingerprint density at radius 1 is 1.03 bits per heavy atom. The summed E-state index contributed by atoms with van der Waals surface area (Å²) in [5, 5.41) is 3.55. The van der Waals surface area contributed by atoms with Crippen molar-refractivity contribution in [2.75, 3.05) is 11.6 Å². The molecule has 0 saturated heterocycles. The topological polar surface area (TPSA) is 70.7 Å². The summed E-state index contributed by atoms with van der Waals surface area (Å²) in [6.45, 7) is 0. The van der Waals surface area contributed by atoms with E-state index in [1.807, 2.05) is 18.4 Å². The first-order valence-electron chi connectivity index (χ1n) is 8.87. The molecule has 0 fully saturated rings. The normalized spacial score (nSPS) is 10.7. The second-order valence-electron chi connectivity index (χ2n) is 6.23. The standard InChI is InChI=1S/C22H17FN4OS/c1-29-22-26-19(14-7-9-17(23)10-8-14)20(27-22)16-11-12-24-18(13-16)25-21(28)15-5-3-2-4-6-15/h2-13H,1H3,(H,26,27)(H,24,25,28). The Hall–Kier alpha value is -3.45. The summed E-state index contributed by atoms with van der Waals surface area (Å²) in [5.41, 5.74) is 3.65. The van der Waals surface area contributed by atoms with E-state index in [0.717, 1.165) is 22.0 Å². The van der Waals surface area contributed by atoms with Crippen LogP contribution in [0, 0.1) is 5.82 Å². The summed E-state index contributed by atoms with van der Waals surface area (Å²) in [5.74, 6) is -0.106. The average molecular weight is 404 g/mol. The van der Waals surface area contributed by atoms with Crippen molar-refractivity contribution in [2.45, 2.75) is 5.16 Å². The molecule has 0 aliphatic carbocycles. The van der Waals surface area contributed by atoms with Crippen LogP contribution in [0.1, 0.15) is 10.4 Å². The van der Waals surface area contributed by atoms with Crippen LogP contribution in [0.4, 0.5) is 10.2 Å². The molecule has 2 N–H and O–H groups in total. The molecule has 7 heteroatoms. The molecule has 144 valence electrons. The van der Waals surface area contributed by atoms with Crippen molar-refractivity contribution in [3.8, 4) is 22.5 Å². The Bertz CT molecular complexity index is 1140. The van der Waals surface area contributed by atoms with Crippen molar-refractivity contribution in [2.24, 2.45) is 0 Å². The number of aromatic amines is 1. The predicted octanol–water partition coefficient (Wildman–Crippen LogP) is 5.25. The number of pyridine rings is 1. The lowest BCUT2D eigenvalue weighted by Crippen LogP contribution is -2.12. The number of hydrogen-bond acceptors (Lipinski definition) is 4. The van der Waals surface area contributed by atoms with Gasteiger partial charge in [-0.25, -0.2) is 14.4 Å². The first-order chi connectivity index (χ1) is 14.1. The number of carbonyl (C=O) groups excluding carboxylic acids is 1. The van der Waals surface area contributed by atoms with E-state index >= 15 is 0 Å². The first kappa shape index (κ1) is 18.9. The number of amides is 1. The van der Waals surface area contributed by atoms with Gasteiger partial charge in [0.2, 0.25) is 0 Å². The summed E-state index contributed by atoms with van der Waals surface area (Å²) in [7, 11) is 0. The maximum absolute atomic E-state index is 13.3. The maximum Gasteiger partial charge on any atom is 0.256 e. The van der Waals surface area contributed by atoms with Crippen molar-refractivity contribution in [3.05, 3.63) is 84.3 Å². The molecule has 0 bridgehead atoms. The highest BCUT2D eigenvalue weighted by Gasteiger charge is 2.15. The molecule has 0 radical (unpaired) electrons. The van der Waals surface area contributed by atoms with E-state index in [4.69, 9.17) is 0 Å². The number of nitrogens with zero attached hydrogens (tertiary/aromatic N) is 2. The molecule has 0 saturated carbocycles. The minimum Gasteiger partial charge on any atom is -0.332 e. The molecular weight excluding hydrogens is 387 g/mol. The Kier molecular flexibility index (Phi) is 5.39. The minimum atomic E-state index is -0.297. The Morgan fingerprint density at radius 2 is 1.79 bits per heavy atom. The fraction of sp³-hybridized carbons (Fsp3) is 0.0455. The lowest BCUT2D eigenvalue weighted by atomic mass is 10.1. The Balaban J connectivity index is 1.69. The number of halogens is 1. The summed E-state index contributed by atoms with van der Waals surface area (Å²) >= 11 is 1.48. The van der Waals surface area contributed by atoms with Gasteiger partial charge in [0.15, 0.2) is 5.16 Å². The van der Waals surface area contributed by atoms with E-state index in [2.05, 4.69) is 20.3 Å². The molecule has 0 spiro atoms. The van der Waals surface area contributed by atoms with Gasteiger partial charge in [-0.3, -0.25) is 4.79 Å². The molecule has 0 atom stereocenters. The van der Waals surface area contributed by atoms with Crippen LogP contribution in [-0.2, 0) is 0 Å². The highest BCUT2D eigenvalue weighted by molar-refractivity contribution is 7.98. The smallest absolute Gasteiger partial charge is 0.256 e. The quantitative estimate of drug-likeness (QED) is 0.446. The van der Waals surface area contributed by atoms with Gasteiger partial charge in [-0.1, -0.05) is 30.0 Å². The van der Waals surface area contributed by atoms with Gasteiger partial charge in [0, 0.05) is 22.9 Å². The number of hydrogen-bond donors (Lipinski definition) is 2. The van der Waals surface area contributed by atoms with Crippen LogP contribution in [0.25, 0.3) is 22.5 Å². The molecule has 0 unspecified atom stereocenters. The van der Waals surface area contributed by atoms with Crippen molar-refractivity contribution in [3.63, 3.8) is 0 Å². The van der Waals surface area contributed by atoms with E-state index in [0.29, 0.717) is 17.1 Å². The largest absolute Gasteiger partial charge is 0.332 e. The highest BCUT2D eigenvalue weighted by Crippen LogP contribution is 2.33. The van der Waals surface area contributed by atoms with Gasteiger partial charge < -0.3 is 10.3 Å². The van der Waals surface area contributed by atoms with Crippen LogP contribution >= 0.6 is 11.8 Å². The van der Waals surface area contributed by atoms with Crippen LogP contribution in [-0.4, -0.2) is 27.1 Å². The second-order valence-corrected chi connectivity index (χ2v) is 7.02. The lowest BCUT2D eigenvalue weighted by Gasteiger charge is -2.07. The number of aromatic nitrogens is 3. The van der Waals surface area contributed by atoms with E-state index in [1.54, 1.807) is 48.7 Å². The van der Waals surface area contributed by atoms with Gasteiger partial charge in [-0.15, -0.1) is 0 Å². The molecule has 4 aromatic rings. The third-order valence-corrected chi connectivity index (χ3v) is 4.90. The van der Waals surface area contributed by atoms with Gasteiger partial charge in [-0.2, -0.15) is 0 Å². The fourth-order valence-electron chi connectivity index (χ4n) is 2.91. The third-order valence-electron chi connectivity index (χ3n) is 4.32. The number of thioether (sulfide) groups is 1. The zero-order chi connectivity index (χ0) is 20.2. The highest BCUT2D eigenvalue weighted by atomic mass is 32.2. The van der Waals surface area contributed by atoms with E-state index < -0.39 is 0 Å². The Labute approximate surface area is 171 Å². The van der Waals surface area contributed by atoms with Crippen LogP contribution in [0.2, 0.25) is 0 Å². The van der Waals surface area contributed by atoms with Crippen LogP contribution < -0.4 is 5.32 Å². The summed E-state index contributed by atoms with van der Waals surface area (Å²) in [6.07, 6.45) is 3.55. The SMILES string of the molecule is CSc1nc(-c2ccnc(NC(=O)c3ccccc3)c2)c(-c2ccc(F)cc2)[nH]1. The fourth-order valence-corrected chi connectivity index (χ4v) is 3.29.